The molecular formula is C42H52N6O9S. The van der Waals surface area contributed by atoms with Crippen molar-refractivity contribution in [1.82, 2.24) is 30.2 Å². The Bertz CT molecular complexity index is 2300. The largest absolute Gasteiger partial charge is 0.470 e. The van der Waals surface area contributed by atoms with Gasteiger partial charge in [-0.3, -0.25) is 19.1 Å². The SMILES string of the molecule is Cc1ccc2oc3c(O[C@@H]4C[C@H]5C(=O)N[C@]6(C(=O)NS(=O)(=O)C7(C)CC7)C[C@@H]6/C=C\CCCCC[C@H](NC(=O)OC6CCCC6)C(=O)N5C4)nc(C4CC4)nc3c2c1. The van der Waals surface area contributed by atoms with Gasteiger partial charge in [0.1, 0.15) is 46.8 Å². The first-order valence-corrected chi connectivity index (χ1v) is 22.5. The van der Waals surface area contributed by atoms with E-state index in [0.717, 1.165) is 62.3 Å². The molecule has 310 valence electrons. The van der Waals surface area contributed by atoms with E-state index in [0.29, 0.717) is 54.6 Å². The number of benzene rings is 1. The Hall–Kier alpha value is -4.73. The zero-order chi connectivity index (χ0) is 40.4. The summed E-state index contributed by atoms with van der Waals surface area (Å²) in [7, 11) is -4.00. The Morgan fingerprint density at radius 2 is 1.78 bits per heavy atom. The van der Waals surface area contributed by atoms with Crippen LogP contribution in [0.4, 0.5) is 4.79 Å². The van der Waals surface area contributed by atoms with Crippen molar-refractivity contribution >= 4 is 55.9 Å². The van der Waals surface area contributed by atoms with Gasteiger partial charge in [0.05, 0.1) is 11.3 Å². The van der Waals surface area contributed by atoms with Gasteiger partial charge in [-0.15, -0.1) is 0 Å². The number of fused-ring (bicyclic) bond motifs is 5. The Labute approximate surface area is 337 Å². The fourth-order valence-corrected chi connectivity index (χ4v) is 10.1. The lowest BCUT2D eigenvalue weighted by Crippen LogP contribution is -2.58. The molecule has 58 heavy (non-hydrogen) atoms. The number of aromatic nitrogens is 2. The minimum atomic E-state index is -4.00. The number of carbonyl (C=O) groups is 4. The second-order valence-electron chi connectivity index (χ2n) is 17.7. The van der Waals surface area contributed by atoms with Crippen molar-refractivity contribution in [1.29, 1.82) is 0 Å². The molecule has 1 aromatic carbocycles. The first-order valence-electron chi connectivity index (χ1n) is 21.0. The summed E-state index contributed by atoms with van der Waals surface area (Å²) in [5, 5.41) is 6.60. The minimum Gasteiger partial charge on any atom is -0.470 e. The first-order chi connectivity index (χ1) is 27.8. The second-order valence-corrected chi connectivity index (χ2v) is 19.8. The van der Waals surface area contributed by atoms with Gasteiger partial charge in [0.2, 0.25) is 27.4 Å². The molecule has 1 saturated heterocycles. The zero-order valence-corrected chi connectivity index (χ0v) is 33.9. The van der Waals surface area contributed by atoms with Gasteiger partial charge in [0.25, 0.3) is 11.8 Å². The molecular weight excluding hydrogens is 765 g/mol. The lowest BCUT2D eigenvalue weighted by molar-refractivity contribution is -0.141. The molecule has 15 nitrogen and oxygen atoms in total. The summed E-state index contributed by atoms with van der Waals surface area (Å²) in [6, 6.07) is 3.75. The van der Waals surface area contributed by atoms with Crippen LogP contribution in [0.3, 0.4) is 0 Å². The molecule has 2 aliphatic heterocycles. The number of hydrogen-bond acceptors (Lipinski definition) is 11. The van der Waals surface area contributed by atoms with E-state index in [-0.39, 0.29) is 37.3 Å². The lowest BCUT2D eigenvalue weighted by atomic mass is 10.0. The van der Waals surface area contributed by atoms with Crippen molar-refractivity contribution in [2.24, 2.45) is 5.92 Å². The molecule has 2 aromatic heterocycles. The molecule has 4 aliphatic carbocycles. The molecule has 4 saturated carbocycles. The Morgan fingerprint density at radius 3 is 2.53 bits per heavy atom. The molecule has 0 radical (unpaired) electrons. The van der Waals surface area contributed by atoms with Crippen LogP contribution in [0.25, 0.3) is 22.1 Å². The van der Waals surface area contributed by atoms with Gasteiger partial charge in [-0.1, -0.05) is 36.6 Å². The van der Waals surface area contributed by atoms with E-state index >= 15 is 0 Å². The molecule has 9 rings (SSSR count). The maximum Gasteiger partial charge on any atom is 0.408 e. The summed E-state index contributed by atoms with van der Waals surface area (Å²) in [4.78, 5) is 67.6. The fourth-order valence-electron chi connectivity index (χ4n) is 8.79. The predicted molar refractivity (Wildman–Crippen MR) is 212 cm³/mol. The molecule has 4 heterocycles. The van der Waals surface area contributed by atoms with Gasteiger partial charge in [-0.05, 0) is 103 Å². The Balaban J connectivity index is 1.04. The number of nitrogens with one attached hydrogen (secondary N) is 3. The van der Waals surface area contributed by atoms with Gasteiger partial charge in [0.15, 0.2) is 0 Å². The van der Waals surface area contributed by atoms with E-state index in [9.17, 15) is 27.6 Å². The first kappa shape index (κ1) is 38.8. The van der Waals surface area contributed by atoms with E-state index in [1.807, 2.05) is 37.3 Å². The highest BCUT2D eigenvalue weighted by atomic mass is 32.2. The van der Waals surface area contributed by atoms with Crippen molar-refractivity contribution in [2.45, 2.75) is 151 Å². The van der Waals surface area contributed by atoms with Gasteiger partial charge < -0.3 is 29.4 Å². The maximum atomic E-state index is 14.7. The molecule has 0 bridgehead atoms. The Kier molecular flexibility index (Phi) is 9.91. The number of rotatable bonds is 8. The van der Waals surface area contributed by atoms with Gasteiger partial charge in [0, 0.05) is 23.6 Å². The highest BCUT2D eigenvalue weighted by molar-refractivity contribution is 7.91. The number of aryl methyl sites for hydroxylation is 1. The number of sulfonamides is 1. The fraction of sp³-hybridized carbons (Fsp3) is 0.619. The number of carbonyl (C=O) groups excluding carboxylic acids is 4. The van der Waals surface area contributed by atoms with Crippen LogP contribution in [-0.2, 0) is 29.1 Å². The van der Waals surface area contributed by atoms with Crippen molar-refractivity contribution in [3.8, 4) is 5.88 Å². The monoisotopic (exact) mass is 816 g/mol. The van der Waals surface area contributed by atoms with Crippen LogP contribution in [0.5, 0.6) is 5.88 Å². The van der Waals surface area contributed by atoms with Gasteiger partial charge in [-0.25, -0.2) is 18.2 Å². The normalized spacial score (nSPS) is 29.4. The molecule has 5 fully saturated rings. The molecule has 4 amide bonds. The van der Waals surface area contributed by atoms with E-state index in [4.69, 9.17) is 23.9 Å². The number of ether oxygens (including phenoxy) is 2. The summed E-state index contributed by atoms with van der Waals surface area (Å²) in [5.74, 6) is -1.25. The maximum absolute atomic E-state index is 14.7. The Morgan fingerprint density at radius 1 is 1.00 bits per heavy atom. The number of amides is 4. The highest BCUT2D eigenvalue weighted by Gasteiger charge is 2.63. The quantitative estimate of drug-likeness (QED) is 0.248. The third-order valence-electron chi connectivity index (χ3n) is 13.0. The molecule has 0 spiro atoms. The van der Waals surface area contributed by atoms with Crippen LogP contribution in [0.1, 0.15) is 121 Å². The number of allylic oxidation sites excluding steroid dienone is 1. The van der Waals surface area contributed by atoms with Gasteiger partial charge >= 0.3 is 6.09 Å². The van der Waals surface area contributed by atoms with Gasteiger partial charge in [-0.2, -0.15) is 4.98 Å². The summed E-state index contributed by atoms with van der Waals surface area (Å²) in [5.41, 5.74) is 1.16. The number of alkyl carbamates (subject to hydrolysis) is 1. The highest BCUT2D eigenvalue weighted by Crippen LogP contribution is 2.48. The topological polar surface area (TPSA) is 199 Å². The lowest BCUT2D eigenvalue weighted by Gasteiger charge is -2.30. The van der Waals surface area contributed by atoms with Crippen molar-refractivity contribution in [3.05, 3.63) is 41.7 Å². The number of nitrogens with zero attached hydrogens (tertiary/aromatic N) is 3. The predicted octanol–water partition coefficient (Wildman–Crippen LogP) is 5.34. The van der Waals surface area contributed by atoms with Crippen LogP contribution < -0.4 is 20.1 Å². The van der Waals surface area contributed by atoms with Crippen molar-refractivity contribution in [3.63, 3.8) is 0 Å². The van der Waals surface area contributed by atoms with E-state index < -0.39 is 68.2 Å². The third kappa shape index (κ3) is 7.52. The average Bonchev–Trinajstić information content (AvgIpc) is 4.14. The van der Waals surface area contributed by atoms with Crippen LogP contribution >= 0.6 is 0 Å². The zero-order valence-electron chi connectivity index (χ0n) is 33.1. The number of hydrogen-bond donors (Lipinski definition) is 3. The van der Waals surface area contributed by atoms with Crippen molar-refractivity contribution < 1.29 is 41.5 Å². The standard InChI is InChI=1S/C42H52N6O9S/c1-24-14-17-32-29(20-24)33-34(57-32)37(45-35(44-33)25-15-16-25)55-28-21-31-36(49)46-42(39(51)47-58(53,54)41(2)18-19-41)22-26(42)10-6-4-3-5-7-13-30(38(50)48(31)23-28)43-40(52)56-27-11-8-9-12-27/h6,10,14,17,20,25-28,30-31H,3-5,7-9,11-13,15-16,18-19,21-23H2,1-2H3,(H,43,52)(H,46,49)(H,47,51)/b10-6-/t26-,28+,30-,31-,42+/m0/s1. The third-order valence-corrected chi connectivity index (χ3v) is 15.2. The summed E-state index contributed by atoms with van der Waals surface area (Å²) < 4.78 is 46.3. The summed E-state index contributed by atoms with van der Waals surface area (Å²) >= 11 is 0. The van der Waals surface area contributed by atoms with E-state index in [1.54, 1.807) is 6.92 Å². The minimum absolute atomic E-state index is 0.0222. The second kappa shape index (κ2) is 14.8. The summed E-state index contributed by atoms with van der Waals surface area (Å²) in [6.07, 6.45) is 12.0. The molecule has 0 unspecified atom stereocenters. The molecule has 5 atom stereocenters. The van der Waals surface area contributed by atoms with Crippen LogP contribution in [0, 0.1) is 12.8 Å². The summed E-state index contributed by atoms with van der Waals surface area (Å²) in [6.45, 7) is 3.57. The van der Waals surface area contributed by atoms with E-state index in [2.05, 4.69) is 15.4 Å². The molecule has 3 N–H and O–H groups in total. The van der Waals surface area contributed by atoms with Crippen LogP contribution in [0.15, 0.2) is 34.8 Å². The molecule has 6 aliphatic rings. The van der Waals surface area contributed by atoms with Crippen LogP contribution in [-0.4, -0.2) is 88.2 Å². The smallest absolute Gasteiger partial charge is 0.408 e. The van der Waals surface area contributed by atoms with Crippen LogP contribution in [0.2, 0.25) is 0 Å². The molecule has 3 aromatic rings. The number of furan rings is 1. The van der Waals surface area contributed by atoms with E-state index in [1.165, 1.54) is 4.90 Å². The molecule has 16 heteroatoms. The van der Waals surface area contributed by atoms with Crippen molar-refractivity contribution in [2.75, 3.05) is 6.54 Å². The average molecular weight is 817 g/mol.